The SMILES string of the molecule is CC(O)(c1cnncc1N)C1CC1.Nc1cnncc1C(=O)C1CC1.[Br-].[CH-]1CC1.[Mg+2]. The zero-order chi connectivity index (χ0) is 20.1. The molecule has 1 unspecified atom stereocenters. The van der Waals surface area contributed by atoms with Crippen molar-refractivity contribution in [2.24, 2.45) is 11.8 Å². The fourth-order valence-electron chi connectivity index (χ4n) is 2.72. The maximum atomic E-state index is 11.5. The number of nitrogen functional groups attached to an aromatic ring is 2. The Morgan fingerprint density at radius 3 is 1.93 bits per heavy atom. The molecule has 2 heterocycles. The summed E-state index contributed by atoms with van der Waals surface area (Å²) in [6.45, 7) is 1.79. The van der Waals surface area contributed by atoms with Crippen LogP contribution in [0.2, 0.25) is 0 Å². The van der Waals surface area contributed by atoms with Gasteiger partial charge < -0.3 is 40.0 Å². The van der Waals surface area contributed by atoms with Crippen LogP contribution < -0.4 is 28.4 Å². The van der Waals surface area contributed by atoms with Crippen LogP contribution in [0.15, 0.2) is 24.8 Å². The van der Waals surface area contributed by atoms with Crippen LogP contribution in [-0.2, 0) is 5.60 Å². The van der Waals surface area contributed by atoms with Crippen molar-refractivity contribution in [3.05, 3.63) is 42.3 Å². The summed E-state index contributed by atoms with van der Waals surface area (Å²) in [4.78, 5) is 11.5. The number of carbonyl (C=O) groups is 1. The third-order valence-electron chi connectivity index (χ3n) is 4.94. The molecule has 1 atom stereocenters. The molecule has 0 bridgehead atoms. The minimum Gasteiger partial charge on any atom is -1.00 e. The predicted octanol–water partition coefficient (Wildman–Crippen LogP) is -1.06. The zero-order valence-electron chi connectivity index (χ0n) is 17.2. The van der Waals surface area contributed by atoms with Gasteiger partial charge in [0.25, 0.3) is 0 Å². The molecule has 3 aliphatic carbocycles. The van der Waals surface area contributed by atoms with E-state index in [-0.39, 0.29) is 51.7 Å². The van der Waals surface area contributed by atoms with E-state index >= 15 is 0 Å². The minimum absolute atomic E-state index is 0. The van der Waals surface area contributed by atoms with Crippen LogP contribution >= 0.6 is 0 Å². The van der Waals surface area contributed by atoms with Crippen molar-refractivity contribution < 1.29 is 26.9 Å². The van der Waals surface area contributed by atoms with Crippen molar-refractivity contribution in [2.45, 2.75) is 51.0 Å². The molecule has 158 valence electrons. The van der Waals surface area contributed by atoms with Crippen LogP contribution in [0.5, 0.6) is 0 Å². The van der Waals surface area contributed by atoms with E-state index in [9.17, 15) is 9.90 Å². The molecule has 5 rings (SSSR count). The van der Waals surface area contributed by atoms with Crippen molar-refractivity contribution >= 4 is 40.2 Å². The molecule has 8 nitrogen and oxygen atoms in total. The van der Waals surface area contributed by atoms with E-state index in [4.69, 9.17) is 11.5 Å². The van der Waals surface area contributed by atoms with E-state index in [1.165, 1.54) is 31.4 Å². The molecular weight excluding hydrogens is 460 g/mol. The van der Waals surface area contributed by atoms with Gasteiger partial charge in [0.05, 0.1) is 47.3 Å². The average Bonchev–Trinajstić information content (AvgIpc) is 3.55. The Kier molecular flexibility index (Phi) is 10.6. The van der Waals surface area contributed by atoms with Gasteiger partial charge in [-0.25, -0.2) is 12.8 Å². The molecule has 0 saturated heterocycles. The Balaban J connectivity index is 0.000000249. The Morgan fingerprint density at radius 2 is 1.50 bits per heavy atom. The van der Waals surface area contributed by atoms with Crippen molar-refractivity contribution in [2.75, 3.05) is 11.5 Å². The van der Waals surface area contributed by atoms with Gasteiger partial charge in [-0.05, 0) is 38.5 Å². The van der Waals surface area contributed by atoms with Crippen LogP contribution in [-0.4, -0.2) is 54.3 Å². The van der Waals surface area contributed by atoms with Crippen LogP contribution in [0, 0.1) is 18.3 Å². The van der Waals surface area contributed by atoms with E-state index in [1.54, 1.807) is 13.1 Å². The number of hydrogen-bond donors (Lipinski definition) is 3. The second kappa shape index (κ2) is 11.9. The van der Waals surface area contributed by atoms with Gasteiger partial charge in [-0.2, -0.15) is 20.4 Å². The average molecular weight is 488 g/mol. The summed E-state index contributed by atoms with van der Waals surface area (Å²) < 4.78 is 0. The van der Waals surface area contributed by atoms with Crippen molar-refractivity contribution in [3.63, 3.8) is 0 Å². The fourth-order valence-corrected chi connectivity index (χ4v) is 2.72. The normalized spacial score (nSPS) is 17.9. The number of Topliss-reactive ketones (excluding diaryl/α,β-unsaturated/α-hetero) is 1. The minimum atomic E-state index is -0.833. The number of aromatic nitrogens is 4. The monoisotopic (exact) mass is 486 g/mol. The van der Waals surface area contributed by atoms with Gasteiger partial charge in [-0.15, -0.1) is 0 Å². The molecule has 30 heavy (non-hydrogen) atoms. The second-order valence-corrected chi connectivity index (χ2v) is 7.64. The summed E-state index contributed by atoms with van der Waals surface area (Å²) in [5.41, 5.74) is 12.6. The molecule has 0 aromatic carbocycles. The van der Waals surface area contributed by atoms with Crippen LogP contribution in [0.3, 0.4) is 0 Å². The van der Waals surface area contributed by atoms with Gasteiger partial charge in [-0.1, -0.05) is 0 Å². The van der Waals surface area contributed by atoms with Crippen molar-refractivity contribution in [3.8, 4) is 0 Å². The summed E-state index contributed by atoms with van der Waals surface area (Å²) in [7, 11) is 0. The predicted molar refractivity (Wildman–Crippen MR) is 112 cm³/mol. The van der Waals surface area contributed by atoms with Gasteiger partial charge in [0.2, 0.25) is 0 Å². The van der Waals surface area contributed by atoms with Gasteiger partial charge >= 0.3 is 23.1 Å². The van der Waals surface area contributed by atoms with E-state index in [2.05, 4.69) is 26.8 Å². The molecule has 0 aliphatic heterocycles. The summed E-state index contributed by atoms with van der Waals surface area (Å²) in [5, 5.41) is 24.7. The van der Waals surface area contributed by atoms with E-state index in [0.717, 1.165) is 25.7 Å². The Morgan fingerprint density at radius 1 is 1.00 bits per heavy atom. The fraction of sp³-hybridized carbons (Fsp3) is 0.500. The first kappa shape index (κ1) is 26.7. The quantitative estimate of drug-likeness (QED) is 0.281. The topological polar surface area (TPSA) is 141 Å². The Bertz CT molecular complexity index is 826. The summed E-state index contributed by atoms with van der Waals surface area (Å²) >= 11 is 0. The number of carbonyl (C=O) groups excluding carboxylic acids is 1. The number of nitrogens with zero attached hydrogens (tertiary/aromatic N) is 4. The molecule has 2 aromatic rings. The summed E-state index contributed by atoms with van der Waals surface area (Å²) in [6, 6.07) is 0. The molecular formula is C20H27BrMgN6O2. The molecule has 3 saturated carbocycles. The largest absolute Gasteiger partial charge is 2.00 e. The number of hydrogen-bond acceptors (Lipinski definition) is 8. The molecule has 3 fully saturated rings. The molecule has 2 aromatic heterocycles. The van der Waals surface area contributed by atoms with E-state index < -0.39 is 5.60 Å². The van der Waals surface area contributed by atoms with Crippen LogP contribution in [0.25, 0.3) is 0 Å². The molecule has 0 spiro atoms. The summed E-state index contributed by atoms with van der Waals surface area (Å²) in [5.74, 6) is 0.637. The molecule has 3 aliphatic rings. The third kappa shape index (κ3) is 7.71. The van der Waals surface area contributed by atoms with Crippen LogP contribution in [0.4, 0.5) is 11.4 Å². The number of halogens is 1. The Labute approximate surface area is 203 Å². The summed E-state index contributed by atoms with van der Waals surface area (Å²) in [6.07, 6.45) is 15.0. The van der Waals surface area contributed by atoms with Crippen molar-refractivity contribution in [1.29, 1.82) is 0 Å². The molecule has 0 radical (unpaired) electrons. The van der Waals surface area contributed by atoms with Crippen molar-refractivity contribution in [1.82, 2.24) is 20.4 Å². The second-order valence-electron chi connectivity index (χ2n) is 7.64. The number of aliphatic hydroxyl groups is 1. The zero-order valence-corrected chi connectivity index (χ0v) is 20.2. The first-order valence-electron chi connectivity index (χ1n) is 9.62. The molecule has 5 N–H and O–H groups in total. The van der Waals surface area contributed by atoms with Crippen LogP contribution in [0.1, 0.15) is 61.4 Å². The number of rotatable bonds is 4. The third-order valence-corrected chi connectivity index (χ3v) is 4.94. The van der Waals surface area contributed by atoms with E-state index in [1.807, 2.05) is 0 Å². The van der Waals surface area contributed by atoms with Gasteiger partial charge in [-0.3, -0.25) is 4.79 Å². The number of nitrogens with two attached hydrogens (primary N) is 2. The first-order chi connectivity index (χ1) is 13.4. The van der Waals surface area contributed by atoms with Gasteiger partial charge in [0, 0.05) is 11.5 Å². The van der Waals surface area contributed by atoms with Gasteiger partial charge in [0.15, 0.2) is 5.78 Å². The first-order valence-corrected chi connectivity index (χ1v) is 9.62. The number of anilines is 2. The van der Waals surface area contributed by atoms with Gasteiger partial charge in [0.1, 0.15) is 0 Å². The number of ketones is 1. The molecule has 10 heteroatoms. The Hall–Kier alpha value is -1.36. The van der Waals surface area contributed by atoms with E-state index in [0.29, 0.717) is 28.4 Å². The molecule has 0 amide bonds. The maximum absolute atomic E-state index is 11.5. The maximum Gasteiger partial charge on any atom is 2.00 e. The standard InChI is InChI=1S/C9H13N3O.C8H9N3O.C3H5.BrH.Mg/c1-9(13,6-2-3-6)7-4-11-12-5-8(7)10;9-7-4-11-10-3-6(7)8(12)5-1-2-5;1-2-3-1;;/h4-6,13H,2-3H2,1H3,(H2,10,11);3-5H,1-2H2,(H2,9,10);1H,2-3H2;1H;/q;;-1;;+2/p-1. The smallest absolute Gasteiger partial charge is 1.00 e.